The number of aryl methyl sites for hydroxylation is 1. The minimum absolute atomic E-state index is 0.0517. The van der Waals surface area contributed by atoms with Gasteiger partial charge in [-0.15, -0.1) is 0 Å². The molecule has 0 saturated heterocycles. The topological polar surface area (TPSA) is 57.5 Å². The van der Waals surface area contributed by atoms with Crippen LogP contribution in [-0.4, -0.2) is 22.8 Å². The second-order valence-electron chi connectivity index (χ2n) is 3.12. The summed E-state index contributed by atoms with van der Waals surface area (Å²) in [6.07, 6.45) is 1.37. The molecule has 0 spiro atoms. The normalized spacial score (nSPS) is 10.1. The lowest BCUT2D eigenvalue weighted by Crippen LogP contribution is -2.02. The van der Waals surface area contributed by atoms with Gasteiger partial charge in [-0.2, -0.15) is 0 Å². The highest BCUT2D eigenvalue weighted by Gasteiger charge is 2.06. The van der Waals surface area contributed by atoms with Gasteiger partial charge in [0.2, 0.25) is 0 Å². The van der Waals surface area contributed by atoms with E-state index in [0.29, 0.717) is 6.42 Å². The molecule has 0 amide bonds. The van der Waals surface area contributed by atoms with Gasteiger partial charge in [-0.05, 0) is 36.1 Å². The molecular formula is C11H14O3. The van der Waals surface area contributed by atoms with Crippen molar-refractivity contribution in [3.63, 3.8) is 0 Å². The van der Waals surface area contributed by atoms with Crippen LogP contribution in [-0.2, 0) is 12.8 Å². The number of hydrogen-bond donors (Lipinski definition) is 2. The average molecular weight is 194 g/mol. The number of aromatic carboxylic acids is 1. The molecule has 3 heteroatoms. The zero-order valence-electron chi connectivity index (χ0n) is 8.16. The molecule has 2 N–H and O–H groups in total. The Morgan fingerprint density at radius 2 is 2.07 bits per heavy atom. The van der Waals surface area contributed by atoms with Crippen molar-refractivity contribution in [1.82, 2.24) is 0 Å². The van der Waals surface area contributed by atoms with Crippen LogP contribution in [0.2, 0.25) is 0 Å². The van der Waals surface area contributed by atoms with E-state index in [0.717, 1.165) is 17.5 Å². The lowest BCUT2D eigenvalue weighted by molar-refractivity contribution is 0.0696. The molecule has 0 bridgehead atoms. The van der Waals surface area contributed by atoms with E-state index in [2.05, 4.69) is 0 Å². The fourth-order valence-electron chi connectivity index (χ4n) is 1.46. The maximum absolute atomic E-state index is 10.7. The number of carboxylic acids is 1. The number of benzene rings is 1. The SMILES string of the molecule is CCc1ccc(C(=O)O)cc1CCO. The summed E-state index contributed by atoms with van der Waals surface area (Å²) < 4.78 is 0. The smallest absolute Gasteiger partial charge is 0.335 e. The molecule has 0 aliphatic heterocycles. The second kappa shape index (κ2) is 4.77. The molecular weight excluding hydrogens is 180 g/mol. The third-order valence-electron chi connectivity index (χ3n) is 2.22. The van der Waals surface area contributed by atoms with Crippen LogP contribution in [0.15, 0.2) is 18.2 Å². The van der Waals surface area contributed by atoms with E-state index in [1.165, 1.54) is 0 Å². The summed E-state index contributed by atoms with van der Waals surface area (Å²) in [5, 5.41) is 17.6. The van der Waals surface area contributed by atoms with Gasteiger partial charge in [0.1, 0.15) is 0 Å². The van der Waals surface area contributed by atoms with Gasteiger partial charge < -0.3 is 10.2 Å². The van der Waals surface area contributed by atoms with Crippen LogP contribution in [0.5, 0.6) is 0 Å². The molecule has 0 aliphatic rings. The molecule has 0 aromatic heterocycles. The molecule has 0 radical (unpaired) electrons. The number of rotatable bonds is 4. The van der Waals surface area contributed by atoms with Crippen LogP contribution >= 0.6 is 0 Å². The van der Waals surface area contributed by atoms with Crippen LogP contribution in [0.25, 0.3) is 0 Å². The highest BCUT2D eigenvalue weighted by molar-refractivity contribution is 5.87. The maximum atomic E-state index is 10.7. The Labute approximate surface area is 83.0 Å². The summed E-state index contributed by atoms with van der Waals surface area (Å²) in [4.78, 5) is 10.7. The van der Waals surface area contributed by atoms with Crippen molar-refractivity contribution in [2.24, 2.45) is 0 Å². The summed E-state index contributed by atoms with van der Waals surface area (Å²) in [6, 6.07) is 5.05. The van der Waals surface area contributed by atoms with Gasteiger partial charge in [-0.25, -0.2) is 4.79 Å². The van der Waals surface area contributed by atoms with E-state index in [4.69, 9.17) is 10.2 Å². The zero-order chi connectivity index (χ0) is 10.6. The van der Waals surface area contributed by atoms with E-state index in [-0.39, 0.29) is 12.2 Å². The van der Waals surface area contributed by atoms with Gasteiger partial charge in [0.25, 0.3) is 0 Å². The van der Waals surface area contributed by atoms with E-state index < -0.39 is 5.97 Å². The van der Waals surface area contributed by atoms with Gasteiger partial charge in [0.15, 0.2) is 0 Å². The minimum Gasteiger partial charge on any atom is -0.478 e. The summed E-state index contributed by atoms with van der Waals surface area (Å²) in [5.74, 6) is -0.924. The van der Waals surface area contributed by atoms with Gasteiger partial charge in [0.05, 0.1) is 5.56 Å². The van der Waals surface area contributed by atoms with Crippen molar-refractivity contribution in [3.05, 3.63) is 34.9 Å². The summed E-state index contributed by atoms with van der Waals surface area (Å²) in [5.41, 5.74) is 2.31. The quantitative estimate of drug-likeness (QED) is 0.763. The van der Waals surface area contributed by atoms with Gasteiger partial charge in [-0.3, -0.25) is 0 Å². The molecule has 1 aromatic carbocycles. The third kappa shape index (κ3) is 2.33. The minimum atomic E-state index is -0.924. The van der Waals surface area contributed by atoms with E-state index in [1.807, 2.05) is 13.0 Å². The van der Waals surface area contributed by atoms with Crippen molar-refractivity contribution in [1.29, 1.82) is 0 Å². The third-order valence-corrected chi connectivity index (χ3v) is 2.22. The van der Waals surface area contributed by atoms with Crippen LogP contribution in [0.3, 0.4) is 0 Å². The first-order chi connectivity index (χ1) is 6.69. The largest absolute Gasteiger partial charge is 0.478 e. The predicted octanol–water partition coefficient (Wildman–Crippen LogP) is 1.48. The summed E-state index contributed by atoms with van der Waals surface area (Å²) >= 11 is 0. The zero-order valence-corrected chi connectivity index (χ0v) is 8.16. The van der Waals surface area contributed by atoms with Crippen LogP contribution < -0.4 is 0 Å². The second-order valence-corrected chi connectivity index (χ2v) is 3.12. The number of aliphatic hydroxyl groups is 1. The fraction of sp³-hybridized carbons (Fsp3) is 0.364. The van der Waals surface area contributed by atoms with Crippen molar-refractivity contribution in [2.75, 3.05) is 6.61 Å². The molecule has 1 aromatic rings. The van der Waals surface area contributed by atoms with E-state index in [9.17, 15) is 4.79 Å². The van der Waals surface area contributed by atoms with Gasteiger partial charge >= 0.3 is 5.97 Å². The highest BCUT2D eigenvalue weighted by Crippen LogP contribution is 2.13. The molecule has 0 unspecified atom stereocenters. The fourth-order valence-corrected chi connectivity index (χ4v) is 1.46. The van der Waals surface area contributed by atoms with Crippen LogP contribution in [0, 0.1) is 0 Å². The molecule has 0 fully saturated rings. The Morgan fingerprint density at radius 3 is 2.57 bits per heavy atom. The monoisotopic (exact) mass is 194 g/mol. The standard InChI is InChI=1S/C11H14O3/c1-2-8-3-4-10(11(13)14)7-9(8)5-6-12/h3-4,7,12H,2,5-6H2,1H3,(H,13,14). The molecule has 1 rings (SSSR count). The Balaban J connectivity index is 3.07. The molecule has 76 valence electrons. The predicted molar refractivity (Wildman–Crippen MR) is 53.6 cm³/mol. The highest BCUT2D eigenvalue weighted by atomic mass is 16.4. The lowest BCUT2D eigenvalue weighted by Gasteiger charge is -2.07. The van der Waals surface area contributed by atoms with Gasteiger partial charge in [-0.1, -0.05) is 13.0 Å². The van der Waals surface area contributed by atoms with Crippen molar-refractivity contribution >= 4 is 5.97 Å². The Hall–Kier alpha value is -1.35. The molecule has 0 atom stereocenters. The molecule has 0 heterocycles. The van der Waals surface area contributed by atoms with E-state index in [1.54, 1.807) is 12.1 Å². The van der Waals surface area contributed by atoms with Gasteiger partial charge in [0, 0.05) is 6.61 Å². The lowest BCUT2D eigenvalue weighted by atomic mass is 10.00. The number of hydrogen-bond acceptors (Lipinski definition) is 2. The summed E-state index contributed by atoms with van der Waals surface area (Å²) in [7, 11) is 0. The molecule has 0 saturated carbocycles. The average Bonchev–Trinajstić information content (AvgIpc) is 2.18. The first-order valence-electron chi connectivity index (χ1n) is 4.65. The Morgan fingerprint density at radius 1 is 1.36 bits per heavy atom. The summed E-state index contributed by atoms with van der Waals surface area (Å²) in [6.45, 7) is 2.06. The molecule has 0 aliphatic carbocycles. The molecule has 14 heavy (non-hydrogen) atoms. The van der Waals surface area contributed by atoms with Crippen LogP contribution in [0.1, 0.15) is 28.4 Å². The number of carboxylic acid groups (broad SMARTS) is 1. The number of aliphatic hydroxyl groups excluding tert-OH is 1. The first-order valence-corrected chi connectivity index (χ1v) is 4.65. The van der Waals surface area contributed by atoms with E-state index >= 15 is 0 Å². The molecule has 3 nitrogen and oxygen atoms in total. The Kier molecular flexibility index (Phi) is 3.65. The van der Waals surface area contributed by atoms with Crippen molar-refractivity contribution in [3.8, 4) is 0 Å². The first kappa shape index (κ1) is 10.7. The van der Waals surface area contributed by atoms with Crippen molar-refractivity contribution < 1.29 is 15.0 Å². The van der Waals surface area contributed by atoms with Crippen molar-refractivity contribution in [2.45, 2.75) is 19.8 Å². The number of carbonyl (C=O) groups is 1. The Bertz CT molecular complexity index is 331. The maximum Gasteiger partial charge on any atom is 0.335 e. The van der Waals surface area contributed by atoms with Crippen LogP contribution in [0.4, 0.5) is 0 Å².